The molecular weight excluding hydrogens is 454 g/mol. The van der Waals surface area contributed by atoms with E-state index >= 15 is 0 Å². The van der Waals surface area contributed by atoms with Gasteiger partial charge in [-0.2, -0.15) is 5.10 Å². The Morgan fingerprint density at radius 2 is 1.78 bits per heavy atom. The lowest BCUT2D eigenvalue weighted by Crippen LogP contribution is -2.48. The number of fused-ring (bicyclic) bond motifs is 2. The molecule has 0 bridgehead atoms. The molecule has 1 amide bonds. The Kier molecular flexibility index (Phi) is 6.07. The van der Waals surface area contributed by atoms with Crippen LogP contribution in [0.15, 0.2) is 30.5 Å². The summed E-state index contributed by atoms with van der Waals surface area (Å²) in [6.45, 7) is 10.6. The number of ether oxygens (including phenoxy) is 2. The van der Waals surface area contributed by atoms with Crippen molar-refractivity contribution in [3.63, 3.8) is 0 Å². The summed E-state index contributed by atoms with van der Waals surface area (Å²) in [5.74, 6) is 1.57. The van der Waals surface area contributed by atoms with Crippen LogP contribution in [0.5, 0.6) is 11.5 Å². The maximum Gasteiger partial charge on any atom is 0.255 e. The highest BCUT2D eigenvalue weighted by molar-refractivity contribution is 6.07. The smallest absolute Gasteiger partial charge is 0.255 e. The van der Waals surface area contributed by atoms with Crippen LogP contribution in [0.25, 0.3) is 22.3 Å². The zero-order valence-electron chi connectivity index (χ0n) is 21.4. The fraction of sp³-hybridized carbons (Fsp3) is 0.536. The minimum absolute atomic E-state index is 0.113. The van der Waals surface area contributed by atoms with Gasteiger partial charge in [-0.1, -0.05) is 6.92 Å². The van der Waals surface area contributed by atoms with E-state index in [0.717, 1.165) is 73.4 Å². The molecule has 3 aliphatic rings. The predicted molar refractivity (Wildman–Crippen MR) is 139 cm³/mol. The highest BCUT2D eigenvalue weighted by atomic mass is 16.6. The first-order chi connectivity index (χ1) is 17.5. The molecule has 1 aromatic carbocycles. The van der Waals surface area contributed by atoms with E-state index < -0.39 is 0 Å². The molecule has 2 fully saturated rings. The summed E-state index contributed by atoms with van der Waals surface area (Å²) in [6.07, 6.45) is 6.06. The summed E-state index contributed by atoms with van der Waals surface area (Å²) in [5.41, 5.74) is 3.10. The van der Waals surface area contributed by atoms with E-state index in [0.29, 0.717) is 30.6 Å². The minimum Gasteiger partial charge on any atom is -0.486 e. The van der Waals surface area contributed by atoms with Crippen molar-refractivity contribution >= 4 is 16.9 Å². The van der Waals surface area contributed by atoms with Crippen molar-refractivity contribution in [3.05, 3.63) is 36.0 Å². The number of likely N-dealkylation sites (tertiary alicyclic amines) is 1. The van der Waals surface area contributed by atoms with Crippen molar-refractivity contribution in [2.75, 3.05) is 32.8 Å². The second-order valence-electron chi connectivity index (χ2n) is 10.4. The number of piperidine rings is 1. The predicted octanol–water partition coefficient (Wildman–Crippen LogP) is 4.54. The van der Waals surface area contributed by atoms with Crippen molar-refractivity contribution in [1.29, 1.82) is 0 Å². The van der Waals surface area contributed by atoms with Crippen LogP contribution in [0.2, 0.25) is 0 Å². The third-order valence-corrected chi connectivity index (χ3v) is 7.70. The number of nitrogens with zero attached hydrogens (tertiary/aromatic N) is 5. The zero-order chi connectivity index (χ0) is 24.8. The number of hydrogen-bond acceptors (Lipinski definition) is 6. The van der Waals surface area contributed by atoms with Gasteiger partial charge < -0.3 is 19.3 Å². The summed E-state index contributed by atoms with van der Waals surface area (Å²) < 4.78 is 13.4. The second-order valence-corrected chi connectivity index (χ2v) is 10.4. The van der Waals surface area contributed by atoms with Crippen LogP contribution >= 0.6 is 0 Å². The third kappa shape index (κ3) is 4.21. The van der Waals surface area contributed by atoms with Crippen molar-refractivity contribution < 1.29 is 14.3 Å². The molecule has 8 nitrogen and oxygen atoms in total. The Morgan fingerprint density at radius 3 is 2.47 bits per heavy atom. The minimum atomic E-state index is 0.113. The van der Waals surface area contributed by atoms with Crippen molar-refractivity contribution in [1.82, 2.24) is 24.6 Å². The molecule has 2 aliphatic heterocycles. The molecule has 8 heteroatoms. The summed E-state index contributed by atoms with van der Waals surface area (Å²) in [7, 11) is 0. The number of amides is 1. The van der Waals surface area contributed by atoms with Gasteiger partial charge in [-0.15, -0.1) is 0 Å². The first-order valence-corrected chi connectivity index (χ1v) is 13.4. The molecule has 190 valence electrons. The quantitative estimate of drug-likeness (QED) is 0.506. The maximum absolute atomic E-state index is 14.3. The molecule has 0 atom stereocenters. The van der Waals surface area contributed by atoms with Crippen LogP contribution in [0.1, 0.15) is 62.9 Å². The molecule has 4 heterocycles. The van der Waals surface area contributed by atoms with Crippen LogP contribution in [-0.4, -0.2) is 75.4 Å². The van der Waals surface area contributed by atoms with Crippen LogP contribution in [0, 0.1) is 0 Å². The van der Waals surface area contributed by atoms with E-state index in [4.69, 9.17) is 14.5 Å². The fourth-order valence-corrected chi connectivity index (χ4v) is 5.56. The van der Waals surface area contributed by atoms with Gasteiger partial charge in [0.15, 0.2) is 17.1 Å². The second kappa shape index (κ2) is 9.39. The summed E-state index contributed by atoms with van der Waals surface area (Å²) in [6, 6.07) is 8.60. The van der Waals surface area contributed by atoms with Gasteiger partial charge in [0.05, 0.1) is 22.8 Å². The van der Waals surface area contributed by atoms with E-state index in [-0.39, 0.29) is 18.0 Å². The highest BCUT2D eigenvalue weighted by Crippen LogP contribution is 2.37. The molecule has 1 aliphatic carbocycles. The van der Waals surface area contributed by atoms with E-state index in [1.54, 1.807) is 0 Å². The summed E-state index contributed by atoms with van der Waals surface area (Å²) in [5, 5.41) is 5.45. The lowest BCUT2D eigenvalue weighted by Gasteiger charge is -2.38. The SMILES string of the molecule is CCN1CCC(N(C(=O)c2cc(-c3ccc4c(c3)OCCO4)nc3c2cnn3C(C)C)C2CC2)CC1. The van der Waals surface area contributed by atoms with Crippen molar-refractivity contribution in [2.45, 2.75) is 64.6 Å². The van der Waals surface area contributed by atoms with Crippen LogP contribution in [-0.2, 0) is 0 Å². The van der Waals surface area contributed by atoms with Gasteiger partial charge in [-0.05, 0) is 70.3 Å². The molecule has 0 radical (unpaired) electrons. The molecule has 1 saturated carbocycles. The van der Waals surface area contributed by atoms with Crippen LogP contribution in [0.4, 0.5) is 0 Å². The number of pyridine rings is 1. The van der Waals surface area contributed by atoms with Crippen LogP contribution < -0.4 is 9.47 Å². The Labute approximate surface area is 212 Å². The van der Waals surface area contributed by atoms with E-state index in [2.05, 4.69) is 35.7 Å². The molecular formula is C28H35N5O3. The van der Waals surface area contributed by atoms with Gasteiger partial charge in [0, 0.05) is 36.8 Å². The lowest BCUT2D eigenvalue weighted by molar-refractivity contribution is 0.0556. The number of carbonyl (C=O) groups is 1. The standard InChI is InChI=1S/C28H35N5O3/c1-4-31-11-9-21(10-12-31)32(20-6-7-20)28(34)22-16-24(30-27-23(22)17-29-33(27)18(2)3)19-5-8-25-26(15-19)36-14-13-35-25/h5,8,15-18,20-21H,4,6-7,9-14H2,1-3H3. The first kappa shape index (κ1) is 23.3. The van der Waals surface area contributed by atoms with Gasteiger partial charge in [0.25, 0.3) is 5.91 Å². The van der Waals surface area contributed by atoms with Gasteiger partial charge >= 0.3 is 0 Å². The summed E-state index contributed by atoms with van der Waals surface area (Å²) in [4.78, 5) is 24.0. The molecule has 0 N–H and O–H groups in total. The molecule has 0 spiro atoms. The van der Waals surface area contributed by atoms with E-state index in [9.17, 15) is 4.79 Å². The normalized spacial score (nSPS) is 18.7. The molecule has 2 aromatic heterocycles. The van der Waals surface area contributed by atoms with Gasteiger partial charge in [-0.25, -0.2) is 9.67 Å². The molecule has 0 unspecified atom stereocenters. The lowest BCUT2D eigenvalue weighted by atomic mass is 10.00. The fourth-order valence-electron chi connectivity index (χ4n) is 5.56. The largest absolute Gasteiger partial charge is 0.486 e. The molecule has 36 heavy (non-hydrogen) atoms. The number of benzene rings is 1. The Balaban J connectivity index is 1.43. The number of hydrogen-bond donors (Lipinski definition) is 0. The Hall–Kier alpha value is -3.13. The van der Waals surface area contributed by atoms with Gasteiger partial charge in [0.2, 0.25) is 0 Å². The number of rotatable bonds is 6. The molecule has 3 aromatic rings. The monoisotopic (exact) mass is 489 g/mol. The van der Waals surface area contributed by atoms with Gasteiger partial charge in [0.1, 0.15) is 13.2 Å². The molecule has 6 rings (SSSR count). The van der Waals surface area contributed by atoms with E-state index in [1.165, 1.54) is 0 Å². The average Bonchev–Trinajstić information content (AvgIpc) is 3.64. The number of carbonyl (C=O) groups excluding carboxylic acids is 1. The van der Waals surface area contributed by atoms with Gasteiger partial charge in [-0.3, -0.25) is 4.79 Å². The number of aromatic nitrogens is 3. The van der Waals surface area contributed by atoms with E-state index in [1.807, 2.05) is 35.1 Å². The van der Waals surface area contributed by atoms with Crippen molar-refractivity contribution in [2.24, 2.45) is 0 Å². The first-order valence-electron chi connectivity index (χ1n) is 13.4. The topological polar surface area (TPSA) is 72.7 Å². The average molecular weight is 490 g/mol. The highest BCUT2D eigenvalue weighted by Gasteiger charge is 2.39. The molecule has 1 saturated heterocycles. The summed E-state index contributed by atoms with van der Waals surface area (Å²) >= 11 is 0. The third-order valence-electron chi connectivity index (χ3n) is 7.70. The van der Waals surface area contributed by atoms with Crippen LogP contribution in [0.3, 0.4) is 0 Å². The Morgan fingerprint density at radius 1 is 1.06 bits per heavy atom. The maximum atomic E-state index is 14.3. The zero-order valence-corrected chi connectivity index (χ0v) is 21.4. The Bertz CT molecular complexity index is 1270. The van der Waals surface area contributed by atoms with Crippen molar-refractivity contribution in [3.8, 4) is 22.8 Å².